The summed E-state index contributed by atoms with van der Waals surface area (Å²) in [6.45, 7) is 4.51. The van der Waals surface area contributed by atoms with Gasteiger partial charge in [-0.05, 0) is 24.3 Å². The minimum Gasteiger partial charge on any atom is -0.396 e. The molecule has 0 radical (unpaired) electrons. The van der Waals surface area contributed by atoms with Crippen molar-refractivity contribution >= 4 is 17.5 Å². The monoisotopic (exact) mass is 299 g/mol. The van der Waals surface area contributed by atoms with Crippen LogP contribution < -0.4 is 5.32 Å². The molecule has 0 heterocycles. The third-order valence-electron chi connectivity index (χ3n) is 3.21. The van der Waals surface area contributed by atoms with Gasteiger partial charge in [-0.1, -0.05) is 43.6 Å². The first-order valence-corrected chi connectivity index (χ1v) is 7.06. The highest BCUT2D eigenvalue weighted by Gasteiger charge is 2.20. The molecule has 0 spiro atoms. The van der Waals surface area contributed by atoms with Gasteiger partial charge in [-0.2, -0.15) is 0 Å². The van der Waals surface area contributed by atoms with Crippen molar-refractivity contribution < 1.29 is 15.0 Å². The number of halogens is 1. The third kappa shape index (κ3) is 5.12. The second-order valence-corrected chi connectivity index (χ2v) is 6.05. The predicted molar refractivity (Wildman–Crippen MR) is 79.5 cm³/mol. The van der Waals surface area contributed by atoms with Crippen LogP contribution in [0.3, 0.4) is 0 Å². The predicted octanol–water partition coefficient (Wildman–Crippen LogP) is 2.29. The quantitative estimate of drug-likeness (QED) is 0.677. The Morgan fingerprint density at radius 1 is 1.40 bits per heavy atom. The van der Waals surface area contributed by atoms with Crippen molar-refractivity contribution in [2.45, 2.75) is 32.8 Å². The summed E-state index contributed by atoms with van der Waals surface area (Å²) in [7, 11) is 0. The van der Waals surface area contributed by atoms with Crippen LogP contribution in [0.1, 0.15) is 38.4 Å². The minimum absolute atomic E-state index is 0.114. The van der Waals surface area contributed by atoms with Gasteiger partial charge in [0, 0.05) is 23.7 Å². The van der Waals surface area contributed by atoms with E-state index in [2.05, 4.69) is 5.32 Å². The average molecular weight is 300 g/mol. The van der Waals surface area contributed by atoms with Crippen LogP contribution in [0, 0.1) is 5.41 Å². The van der Waals surface area contributed by atoms with Crippen LogP contribution in [0.25, 0.3) is 0 Å². The molecule has 0 unspecified atom stereocenters. The normalized spacial score (nSPS) is 13.1. The second kappa shape index (κ2) is 7.62. The zero-order valence-electron chi connectivity index (χ0n) is 11.9. The zero-order chi connectivity index (χ0) is 15.2. The number of aliphatic hydroxyl groups excluding tert-OH is 2. The van der Waals surface area contributed by atoms with Crippen molar-refractivity contribution in [3.8, 4) is 0 Å². The van der Waals surface area contributed by atoms with Gasteiger partial charge >= 0.3 is 0 Å². The van der Waals surface area contributed by atoms with Crippen LogP contribution in [-0.4, -0.2) is 29.3 Å². The summed E-state index contributed by atoms with van der Waals surface area (Å²) >= 11 is 5.94. The molecule has 0 bridgehead atoms. The molecule has 0 aliphatic heterocycles. The second-order valence-electron chi connectivity index (χ2n) is 5.64. The van der Waals surface area contributed by atoms with Crippen molar-refractivity contribution in [3.05, 3.63) is 34.9 Å². The Bertz CT molecular complexity index is 448. The summed E-state index contributed by atoms with van der Waals surface area (Å²) in [6, 6.07) is 6.73. The topological polar surface area (TPSA) is 69.6 Å². The number of nitrogens with one attached hydrogen (secondary N) is 1. The number of carbonyl (C=O) groups excluding carboxylic acids is 1. The Kier molecular flexibility index (Phi) is 6.46. The number of rotatable bonds is 7. The molecule has 1 amide bonds. The molecule has 112 valence electrons. The molecular formula is C15H22ClNO3. The van der Waals surface area contributed by atoms with Gasteiger partial charge in [-0.3, -0.25) is 4.79 Å². The Morgan fingerprint density at radius 3 is 2.65 bits per heavy atom. The maximum absolute atomic E-state index is 11.8. The van der Waals surface area contributed by atoms with E-state index >= 15 is 0 Å². The number of benzene rings is 1. The SMILES string of the molecule is CC(C)(CO)CCCNC(=O)[C@H](O)c1ccccc1Cl. The Hall–Kier alpha value is -1.10. The van der Waals surface area contributed by atoms with E-state index in [0.29, 0.717) is 17.1 Å². The highest BCUT2D eigenvalue weighted by molar-refractivity contribution is 6.31. The molecular weight excluding hydrogens is 278 g/mol. The molecule has 1 atom stereocenters. The Balaban J connectivity index is 2.42. The van der Waals surface area contributed by atoms with E-state index < -0.39 is 12.0 Å². The standard InChI is InChI=1S/C15H22ClNO3/c1-15(2,10-18)8-5-9-17-14(20)13(19)11-6-3-4-7-12(11)16/h3-4,6-7,13,18-19H,5,8-10H2,1-2H3,(H,17,20)/t13-/m1/s1. The lowest BCUT2D eigenvalue weighted by molar-refractivity contribution is -0.129. The molecule has 0 aromatic heterocycles. The van der Waals surface area contributed by atoms with Gasteiger partial charge in [-0.25, -0.2) is 0 Å². The average Bonchev–Trinajstić information content (AvgIpc) is 2.43. The molecule has 1 rings (SSSR count). The van der Waals surface area contributed by atoms with Gasteiger partial charge in [0.1, 0.15) is 0 Å². The fourth-order valence-electron chi connectivity index (χ4n) is 1.79. The number of hydrogen-bond acceptors (Lipinski definition) is 3. The highest BCUT2D eigenvalue weighted by Crippen LogP contribution is 2.23. The first-order valence-electron chi connectivity index (χ1n) is 6.68. The molecule has 3 N–H and O–H groups in total. The van der Waals surface area contributed by atoms with Crippen molar-refractivity contribution in [1.29, 1.82) is 0 Å². The highest BCUT2D eigenvalue weighted by atomic mass is 35.5. The summed E-state index contributed by atoms with van der Waals surface area (Å²) < 4.78 is 0. The summed E-state index contributed by atoms with van der Waals surface area (Å²) in [5.74, 6) is -0.458. The molecule has 0 fully saturated rings. The molecule has 4 nitrogen and oxygen atoms in total. The maximum Gasteiger partial charge on any atom is 0.253 e. The first-order chi connectivity index (χ1) is 9.37. The maximum atomic E-state index is 11.8. The van der Waals surface area contributed by atoms with Crippen LogP contribution in [0.2, 0.25) is 5.02 Å². The summed E-state index contributed by atoms with van der Waals surface area (Å²) in [6.07, 6.45) is 0.287. The van der Waals surface area contributed by atoms with Crippen molar-refractivity contribution in [2.24, 2.45) is 5.41 Å². The van der Waals surface area contributed by atoms with Crippen molar-refractivity contribution in [1.82, 2.24) is 5.32 Å². The van der Waals surface area contributed by atoms with E-state index in [1.54, 1.807) is 24.3 Å². The van der Waals surface area contributed by atoms with Gasteiger partial charge in [0.25, 0.3) is 5.91 Å². The fourth-order valence-corrected chi connectivity index (χ4v) is 2.03. The van der Waals surface area contributed by atoms with Crippen LogP contribution in [0.4, 0.5) is 0 Å². The van der Waals surface area contributed by atoms with Gasteiger partial charge < -0.3 is 15.5 Å². The van der Waals surface area contributed by atoms with E-state index in [9.17, 15) is 9.90 Å². The first kappa shape index (κ1) is 17.0. The van der Waals surface area contributed by atoms with Gasteiger partial charge in [0.05, 0.1) is 0 Å². The molecule has 0 aliphatic rings. The largest absolute Gasteiger partial charge is 0.396 e. The lowest BCUT2D eigenvalue weighted by atomic mass is 9.89. The summed E-state index contributed by atoms with van der Waals surface area (Å²) in [4.78, 5) is 11.8. The fraction of sp³-hybridized carbons (Fsp3) is 0.533. The Morgan fingerprint density at radius 2 is 2.05 bits per heavy atom. The van der Waals surface area contributed by atoms with Crippen LogP contribution in [0.5, 0.6) is 0 Å². The zero-order valence-corrected chi connectivity index (χ0v) is 12.7. The van der Waals surface area contributed by atoms with Crippen LogP contribution in [0.15, 0.2) is 24.3 Å². The van der Waals surface area contributed by atoms with Gasteiger partial charge in [0.2, 0.25) is 0 Å². The number of aliphatic hydroxyl groups is 2. The van der Waals surface area contributed by atoms with E-state index in [1.165, 1.54) is 0 Å². The van der Waals surface area contributed by atoms with E-state index in [0.717, 1.165) is 12.8 Å². The van der Waals surface area contributed by atoms with E-state index in [4.69, 9.17) is 16.7 Å². The Labute approximate surface area is 124 Å². The minimum atomic E-state index is -1.26. The molecule has 5 heteroatoms. The molecule has 1 aromatic carbocycles. The summed E-state index contributed by atoms with van der Waals surface area (Å²) in [5.41, 5.74) is 0.258. The number of amides is 1. The van der Waals surface area contributed by atoms with Crippen molar-refractivity contribution in [2.75, 3.05) is 13.2 Å². The number of carbonyl (C=O) groups is 1. The molecule has 20 heavy (non-hydrogen) atoms. The van der Waals surface area contributed by atoms with E-state index in [1.807, 2.05) is 13.8 Å². The third-order valence-corrected chi connectivity index (χ3v) is 3.55. The smallest absolute Gasteiger partial charge is 0.253 e. The molecule has 0 saturated carbocycles. The van der Waals surface area contributed by atoms with E-state index in [-0.39, 0.29) is 12.0 Å². The molecule has 0 aliphatic carbocycles. The van der Waals surface area contributed by atoms with Crippen LogP contribution in [-0.2, 0) is 4.79 Å². The lowest BCUT2D eigenvalue weighted by Crippen LogP contribution is -2.31. The van der Waals surface area contributed by atoms with Gasteiger partial charge in [0.15, 0.2) is 6.10 Å². The lowest BCUT2D eigenvalue weighted by Gasteiger charge is -2.21. The van der Waals surface area contributed by atoms with Crippen molar-refractivity contribution in [3.63, 3.8) is 0 Å². The summed E-state index contributed by atoms with van der Waals surface area (Å²) in [5, 5.41) is 22.1. The molecule has 0 saturated heterocycles. The number of hydrogen-bond donors (Lipinski definition) is 3. The van der Waals surface area contributed by atoms with Crippen LogP contribution >= 0.6 is 11.6 Å². The van der Waals surface area contributed by atoms with Gasteiger partial charge in [-0.15, -0.1) is 0 Å². The molecule has 1 aromatic rings.